The zero-order valence-electron chi connectivity index (χ0n) is 15.6. The molecule has 1 aliphatic carbocycles. The van der Waals surface area contributed by atoms with Crippen LogP contribution in [0.2, 0.25) is 0 Å². The normalized spacial score (nSPS) is 19.6. The maximum Gasteiger partial charge on any atom is 0.178 e. The minimum atomic E-state index is 0.0365. The summed E-state index contributed by atoms with van der Waals surface area (Å²) in [7, 11) is 0. The minimum Gasteiger partial charge on any atom is -0.326 e. The van der Waals surface area contributed by atoms with Gasteiger partial charge < -0.3 is 9.80 Å². The second kappa shape index (κ2) is 7.12. The molecule has 1 aromatic carbocycles. The lowest BCUT2D eigenvalue weighted by Gasteiger charge is -2.26. The standard InChI is InChI=1S/C24H22N2O/c1-3-26-23(21-10-4-18(2)5-11-21)17-25-15-14-20(16-24(25)26)7-6-19-8-12-22(27)13-9-19/h4-17H,3H2,1-2H3. The van der Waals surface area contributed by atoms with E-state index in [2.05, 4.69) is 78.5 Å². The van der Waals surface area contributed by atoms with Gasteiger partial charge in [-0.05, 0) is 54.9 Å². The molecule has 0 saturated heterocycles. The highest BCUT2D eigenvalue weighted by Gasteiger charge is 2.27. The summed E-state index contributed by atoms with van der Waals surface area (Å²) in [4.78, 5) is 15.7. The third-order valence-electron chi connectivity index (χ3n) is 4.83. The van der Waals surface area contributed by atoms with E-state index in [4.69, 9.17) is 0 Å². The molecule has 4 rings (SSSR count). The maximum absolute atomic E-state index is 11.2. The second-order valence-corrected chi connectivity index (χ2v) is 6.75. The van der Waals surface area contributed by atoms with E-state index in [-0.39, 0.29) is 5.78 Å². The number of fused-ring (bicyclic) bond motifs is 1. The van der Waals surface area contributed by atoms with Crippen molar-refractivity contribution in [3.8, 4) is 0 Å². The highest BCUT2D eigenvalue weighted by Crippen LogP contribution is 2.35. The van der Waals surface area contributed by atoms with Crippen LogP contribution >= 0.6 is 0 Å². The lowest BCUT2D eigenvalue weighted by Crippen LogP contribution is -2.23. The number of allylic oxidation sites excluding steroid dienone is 10. The van der Waals surface area contributed by atoms with Crippen LogP contribution in [0.1, 0.15) is 18.1 Å². The summed E-state index contributed by atoms with van der Waals surface area (Å²) in [6, 6.07) is 8.66. The number of ketones is 1. The first kappa shape index (κ1) is 17.1. The van der Waals surface area contributed by atoms with Crippen LogP contribution in [-0.4, -0.2) is 22.1 Å². The summed E-state index contributed by atoms with van der Waals surface area (Å²) in [6.07, 6.45) is 19.6. The van der Waals surface area contributed by atoms with Crippen LogP contribution in [0, 0.1) is 6.92 Å². The van der Waals surface area contributed by atoms with Crippen LogP contribution in [0.4, 0.5) is 0 Å². The van der Waals surface area contributed by atoms with Gasteiger partial charge in [-0.25, -0.2) is 0 Å². The summed E-state index contributed by atoms with van der Waals surface area (Å²) in [5, 5.41) is 0. The van der Waals surface area contributed by atoms with Crippen LogP contribution in [0.5, 0.6) is 0 Å². The molecule has 0 saturated carbocycles. The molecular formula is C24H22N2O. The lowest BCUT2D eigenvalue weighted by molar-refractivity contribution is -0.110. The van der Waals surface area contributed by atoms with E-state index in [1.54, 1.807) is 12.2 Å². The summed E-state index contributed by atoms with van der Waals surface area (Å²) >= 11 is 0. The van der Waals surface area contributed by atoms with Gasteiger partial charge in [0.1, 0.15) is 5.82 Å². The third-order valence-corrected chi connectivity index (χ3v) is 4.83. The molecule has 2 aliphatic heterocycles. The van der Waals surface area contributed by atoms with Crippen LogP contribution in [0.15, 0.2) is 102 Å². The molecule has 2 heterocycles. The molecule has 0 amide bonds. The van der Waals surface area contributed by atoms with Crippen molar-refractivity contribution in [3.63, 3.8) is 0 Å². The Morgan fingerprint density at radius 2 is 1.63 bits per heavy atom. The predicted molar refractivity (Wildman–Crippen MR) is 110 cm³/mol. The van der Waals surface area contributed by atoms with Gasteiger partial charge in [0.2, 0.25) is 0 Å². The van der Waals surface area contributed by atoms with E-state index < -0.39 is 0 Å². The van der Waals surface area contributed by atoms with Crippen molar-refractivity contribution in [2.75, 3.05) is 6.54 Å². The van der Waals surface area contributed by atoms with Gasteiger partial charge in [-0.15, -0.1) is 0 Å². The van der Waals surface area contributed by atoms with E-state index in [0.717, 1.165) is 23.5 Å². The van der Waals surface area contributed by atoms with Crippen molar-refractivity contribution >= 4 is 11.5 Å². The predicted octanol–water partition coefficient (Wildman–Crippen LogP) is 4.85. The SMILES string of the molecule is CCN1C(c2ccc(C)cc2)=CN2C=CC(=CC=C3C=CC(=O)C=C3)C=C21. The molecule has 0 atom stereocenters. The van der Waals surface area contributed by atoms with Crippen LogP contribution in [0.3, 0.4) is 0 Å². The Hall–Kier alpha value is -3.33. The number of carbonyl (C=O) groups is 1. The zero-order chi connectivity index (χ0) is 18.8. The average Bonchev–Trinajstić information content (AvgIpc) is 3.06. The van der Waals surface area contributed by atoms with Gasteiger partial charge in [-0.2, -0.15) is 0 Å². The second-order valence-electron chi connectivity index (χ2n) is 6.75. The molecule has 0 unspecified atom stereocenters. The lowest BCUT2D eigenvalue weighted by atomic mass is 10.1. The van der Waals surface area contributed by atoms with E-state index >= 15 is 0 Å². The van der Waals surface area contributed by atoms with Gasteiger partial charge in [-0.1, -0.05) is 54.1 Å². The van der Waals surface area contributed by atoms with Crippen molar-refractivity contribution < 1.29 is 4.79 Å². The minimum absolute atomic E-state index is 0.0365. The van der Waals surface area contributed by atoms with Crippen molar-refractivity contribution in [2.45, 2.75) is 13.8 Å². The van der Waals surface area contributed by atoms with Gasteiger partial charge in [0.15, 0.2) is 5.78 Å². The molecule has 0 N–H and O–H groups in total. The largest absolute Gasteiger partial charge is 0.326 e. The van der Waals surface area contributed by atoms with Crippen molar-refractivity contribution in [1.82, 2.24) is 9.80 Å². The molecule has 0 radical (unpaired) electrons. The number of hydrogen-bond acceptors (Lipinski definition) is 3. The Labute approximate surface area is 160 Å². The van der Waals surface area contributed by atoms with E-state index in [1.807, 2.05) is 18.2 Å². The Morgan fingerprint density at radius 3 is 2.33 bits per heavy atom. The van der Waals surface area contributed by atoms with E-state index in [9.17, 15) is 4.79 Å². The topological polar surface area (TPSA) is 23.6 Å². The van der Waals surface area contributed by atoms with E-state index in [0.29, 0.717) is 0 Å². The van der Waals surface area contributed by atoms with Gasteiger partial charge in [-0.3, -0.25) is 4.79 Å². The van der Waals surface area contributed by atoms with E-state index in [1.165, 1.54) is 16.8 Å². The Balaban J connectivity index is 1.61. The summed E-state index contributed by atoms with van der Waals surface area (Å²) in [5.41, 5.74) is 5.85. The van der Waals surface area contributed by atoms with Crippen LogP contribution in [-0.2, 0) is 4.79 Å². The quantitative estimate of drug-likeness (QED) is 0.775. The van der Waals surface area contributed by atoms with Crippen LogP contribution in [0.25, 0.3) is 5.70 Å². The number of aryl methyl sites for hydroxylation is 1. The molecule has 27 heavy (non-hydrogen) atoms. The maximum atomic E-state index is 11.2. The monoisotopic (exact) mass is 354 g/mol. The highest BCUT2D eigenvalue weighted by molar-refractivity contribution is 6.01. The Morgan fingerprint density at radius 1 is 0.926 bits per heavy atom. The fraction of sp³-hybridized carbons (Fsp3) is 0.125. The molecule has 3 aliphatic rings. The van der Waals surface area contributed by atoms with Crippen molar-refractivity contribution in [1.29, 1.82) is 0 Å². The molecule has 1 aromatic rings. The van der Waals surface area contributed by atoms with Gasteiger partial charge in [0.05, 0.1) is 5.70 Å². The average molecular weight is 354 g/mol. The summed E-state index contributed by atoms with van der Waals surface area (Å²) in [5.74, 6) is 1.19. The number of carbonyl (C=O) groups excluding carboxylic acids is 1. The fourth-order valence-electron chi connectivity index (χ4n) is 3.33. The van der Waals surface area contributed by atoms with Gasteiger partial charge in [0.25, 0.3) is 0 Å². The molecule has 0 bridgehead atoms. The fourth-order valence-corrected chi connectivity index (χ4v) is 3.33. The molecule has 0 fully saturated rings. The molecule has 3 nitrogen and oxygen atoms in total. The first-order valence-electron chi connectivity index (χ1n) is 9.21. The summed E-state index contributed by atoms with van der Waals surface area (Å²) in [6.45, 7) is 5.18. The number of rotatable bonds is 3. The molecule has 0 aromatic heterocycles. The Kier molecular flexibility index (Phi) is 4.51. The third kappa shape index (κ3) is 3.49. The highest BCUT2D eigenvalue weighted by atomic mass is 16.1. The number of hydrogen-bond donors (Lipinski definition) is 0. The van der Waals surface area contributed by atoms with Gasteiger partial charge in [0, 0.05) is 18.9 Å². The smallest absolute Gasteiger partial charge is 0.178 e. The Bertz CT molecular complexity index is 964. The molecule has 0 spiro atoms. The van der Waals surface area contributed by atoms with Crippen LogP contribution < -0.4 is 0 Å². The number of nitrogens with zero attached hydrogens (tertiary/aromatic N) is 2. The molecule has 134 valence electrons. The molecule has 3 heteroatoms. The zero-order valence-corrected chi connectivity index (χ0v) is 15.6. The van der Waals surface area contributed by atoms with Crippen molar-refractivity contribution in [3.05, 3.63) is 113 Å². The first-order valence-corrected chi connectivity index (χ1v) is 9.21. The molecular weight excluding hydrogens is 332 g/mol. The number of benzene rings is 1. The van der Waals surface area contributed by atoms with Gasteiger partial charge >= 0.3 is 0 Å². The summed E-state index contributed by atoms with van der Waals surface area (Å²) < 4.78 is 0. The van der Waals surface area contributed by atoms with Crippen molar-refractivity contribution in [2.24, 2.45) is 0 Å². The first-order chi connectivity index (χ1) is 13.1.